The van der Waals surface area contributed by atoms with Gasteiger partial charge in [-0.05, 0) is 69.3 Å². The van der Waals surface area contributed by atoms with Gasteiger partial charge in [0.15, 0.2) is 0 Å². The van der Waals surface area contributed by atoms with Crippen molar-refractivity contribution in [3.05, 3.63) is 34.9 Å². The minimum atomic E-state index is -0.407. The lowest BCUT2D eigenvalue weighted by molar-refractivity contribution is -0.124. The molecule has 1 amide bonds. The van der Waals surface area contributed by atoms with Gasteiger partial charge in [0.2, 0.25) is 5.91 Å². The van der Waals surface area contributed by atoms with Crippen molar-refractivity contribution in [2.24, 2.45) is 11.8 Å². The van der Waals surface area contributed by atoms with Gasteiger partial charge in [-0.3, -0.25) is 4.79 Å². The van der Waals surface area contributed by atoms with Gasteiger partial charge >= 0.3 is 0 Å². The molecule has 1 aliphatic heterocycles. The molecule has 2 N–H and O–H groups in total. The molecule has 1 atom stereocenters. The number of nitrogens with one attached hydrogen (secondary N) is 2. The predicted molar refractivity (Wildman–Crippen MR) is 92.0 cm³/mol. The molecule has 122 valence electrons. The van der Waals surface area contributed by atoms with Crippen LogP contribution in [0.25, 0.3) is 0 Å². The van der Waals surface area contributed by atoms with Crippen molar-refractivity contribution in [3.63, 3.8) is 0 Å². The van der Waals surface area contributed by atoms with E-state index in [2.05, 4.69) is 17.6 Å². The highest BCUT2D eigenvalue weighted by Gasteiger charge is 2.26. The SMILES string of the molecule is CC(CC(=O)NC(C)(C)c1cccc(Cl)c1)C1CCNCC1. The Balaban J connectivity index is 1.92. The van der Waals surface area contributed by atoms with Crippen molar-refractivity contribution < 1.29 is 4.79 Å². The number of carbonyl (C=O) groups excluding carboxylic acids is 1. The van der Waals surface area contributed by atoms with Crippen LogP contribution in [0.2, 0.25) is 5.02 Å². The van der Waals surface area contributed by atoms with Crippen LogP contribution in [0.1, 0.15) is 45.6 Å². The Morgan fingerprint density at radius 1 is 1.41 bits per heavy atom. The molecule has 1 fully saturated rings. The molecule has 1 heterocycles. The first-order valence-corrected chi connectivity index (χ1v) is 8.54. The first-order chi connectivity index (χ1) is 10.4. The molecule has 0 aromatic heterocycles. The molecule has 0 bridgehead atoms. The van der Waals surface area contributed by atoms with Gasteiger partial charge in [-0.25, -0.2) is 0 Å². The number of carbonyl (C=O) groups is 1. The highest BCUT2D eigenvalue weighted by atomic mass is 35.5. The summed E-state index contributed by atoms with van der Waals surface area (Å²) in [5.74, 6) is 1.20. The van der Waals surface area contributed by atoms with E-state index in [0.717, 1.165) is 18.7 Å². The van der Waals surface area contributed by atoms with Gasteiger partial charge in [0.25, 0.3) is 0 Å². The van der Waals surface area contributed by atoms with Crippen LogP contribution in [-0.2, 0) is 10.3 Å². The molecule has 0 aliphatic carbocycles. The molecule has 1 saturated heterocycles. The zero-order valence-electron chi connectivity index (χ0n) is 13.8. The minimum absolute atomic E-state index is 0.121. The second-order valence-electron chi connectivity index (χ2n) is 6.95. The van der Waals surface area contributed by atoms with Crippen molar-refractivity contribution in [3.8, 4) is 0 Å². The molecule has 2 rings (SSSR count). The third-order valence-electron chi connectivity index (χ3n) is 4.69. The van der Waals surface area contributed by atoms with Gasteiger partial charge < -0.3 is 10.6 Å². The number of hydrogen-bond acceptors (Lipinski definition) is 2. The summed E-state index contributed by atoms with van der Waals surface area (Å²) in [6.45, 7) is 8.38. The van der Waals surface area contributed by atoms with E-state index in [9.17, 15) is 4.79 Å². The van der Waals surface area contributed by atoms with Crippen LogP contribution < -0.4 is 10.6 Å². The zero-order valence-corrected chi connectivity index (χ0v) is 14.5. The standard InChI is InChI=1S/C18H27ClN2O/c1-13(14-7-9-20-10-8-14)11-17(22)21-18(2,3)15-5-4-6-16(19)12-15/h4-6,12-14,20H,7-11H2,1-3H3,(H,21,22). The first kappa shape index (κ1) is 17.3. The maximum absolute atomic E-state index is 12.4. The van der Waals surface area contributed by atoms with E-state index in [4.69, 9.17) is 11.6 Å². The molecule has 0 spiro atoms. The number of amides is 1. The van der Waals surface area contributed by atoms with Gasteiger partial charge in [-0.15, -0.1) is 0 Å². The van der Waals surface area contributed by atoms with E-state index in [1.807, 2.05) is 38.1 Å². The molecular weight excluding hydrogens is 296 g/mol. The Morgan fingerprint density at radius 2 is 2.09 bits per heavy atom. The average molecular weight is 323 g/mol. The fourth-order valence-corrected chi connectivity index (χ4v) is 3.41. The van der Waals surface area contributed by atoms with E-state index in [0.29, 0.717) is 23.3 Å². The van der Waals surface area contributed by atoms with Crippen molar-refractivity contribution in [1.82, 2.24) is 10.6 Å². The van der Waals surface area contributed by atoms with Gasteiger partial charge in [-0.1, -0.05) is 30.7 Å². The normalized spacial score (nSPS) is 18.0. The maximum Gasteiger partial charge on any atom is 0.220 e. The number of halogens is 1. The lowest BCUT2D eigenvalue weighted by atomic mass is 9.83. The van der Waals surface area contributed by atoms with Crippen molar-refractivity contribution >= 4 is 17.5 Å². The lowest BCUT2D eigenvalue weighted by Crippen LogP contribution is -2.42. The first-order valence-electron chi connectivity index (χ1n) is 8.16. The van der Waals surface area contributed by atoms with E-state index in [1.165, 1.54) is 12.8 Å². The summed E-state index contributed by atoms with van der Waals surface area (Å²) in [7, 11) is 0. The summed E-state index contributed by atoms with van der Waals surface area (Å²) in [5.41, 5.74) is 0.624. The number of hydrogen-bond donors (Lipinski definition) is 2. The van der Waals surface area contributed by atoms with E-state index < -0.39 is 5.54 Å². The largest absolute Gasteiger partial charge is 0.347 e. The zero-order chi connectivity index (χ0) is 16.2. The van der Waals surface area contributed by atoms with Crippen LogP contribution in [0.5, 0.6) is 0 Å². The van der Waals surface area contributed by atoms with Crippen molar-refractivity contribution in [2.75, 3.05) is 13.1 Å². The molecule has 1 aromatic rings. The van der Waals surface area contributed by atoms with Crippen LogP contribution in [-0.4, -0.2) is 19.0 Å². The van der Waals surface area contributed by atoms with Gasteiger partial charge in [0, 0.05) is 11.4 Å². The highest BCUT2D eigenvalue weighted by Crippen LogP contribution is 2.26. The third-order valence-corrected chi connectivity index (χ3v) is 4.93. The van der Waals surface area contributed by atoms with E-state index in [1.54, 1.807) is 0 Å². The summed E-state index contributed by atoms with van der Waals surface area (Å²) in [4.78, 5) is 12.4. The van der Waals surface area contributed by atoms with Gasteiger partial charge in [0.05, 0.1) is 5.54 Å². The van der Waals surface area contributed by atoms with Crippen LogP contribution in [0.3, 0.4) is 0 Å². The maximum atomic E-state index is 12.4. The predicted octanol–water partition coefficient (Wildman–Crippen LogP) is 3.72. The van der Waals surface area contributed by atoms with E-state index >= 15 is 0 Å². The van der Waals surface area contributed by atoms with Crippen LogP contribution in [0.4, 0.5) is 0 Å². The van der Waals surface area contributed by atoms with Crippen LogP contribution in [0, 0.1) is 11.8 Å². The Kier molecular flexibility index (Phi) is 5.87. The molecule has 1 aliphatic rings. The molecule has 1 unspecified atom stereocenters. The molecule has 22 heavy (non-hydrogen) atoms. The van der Waals surface area contributed by atoms with Crippen LogP contribution >= 0.6 is 11.6 Å². The van der Waals surface area contributed by atoms with Crippen molar-refractivity contribution in [1.29, 1.82) is 0 Å². The Bertz CT molecular complexity index is 510. The Labute approximate surface area is 138 Å². The van der Waals surface area contributed by atoms with E-state index in [-0.39, 0.29) is 5.91 Å². The Hall–Kier alpha value is -1.06. The number of piperidine rings is 1. The van der Waals surface area contributed by atoms with Crippen molar-refractivity contribution in [2.45, 2.75) is 45.6 Å². The molecular formula is C18H27ClN2O. The lowest BCUT2D eigenvalue weighted by Gasteiger charge is -2.31. The second kappa shape index (κ2) is 7.47. The van der Waals surface area contributed by atoms with Gasteiger partial charge in [0.1, 0.15) is 0 Å². The molecule has 3 nitrogen and oxygen atoms in total. The molecule has 0 saturated carbocycles. The van der Waals surface area contributed by atoms with Gasteiger partial charge in [-0.2, -0.15) is 0 Å². The molecule has 4 heteroatoms. The molecule has 1 aromatic carbocycles. The quantitative estimate of drug-likeness (QED) is 0.867. The highest BCUT2D eigenvalue weighted by molar-refractivity contribution is 6.30. The summed E-state index contributed by atoms with van der Waals surface area (Å²) >= 11 is 6.05. The number of benzene rings is 1. The smallest absolute Gasteiger partial charge is 0.220 e. The molecule has 0 radical (unpaired) electrons. The third kappa shape index (κ3) is 4.72. The summed E-state index contributed by atoms with van der Waals surface area (Å²) < 4.78 is 0. The number of rotatable bonds is 5. The summed E-state index contributed by atoms with van der Waals surface area (Å²) in [6, 6.07) is 7.69. The topological polar surface area (TPSA) is 41.1 Å². The second-order valence-corrected chi connectivity index (χ2v) is 7.39. The van der Waals surface area contributed by atoms with Crippen LogP contribution in [0.15, 0.2) is 24.3 Å². The Morgan fingerprint density at radius 3 is 2.73 bits per heavy atom. The fourth-order valence-electron chi connectivity index (χ4n) is 3.22. The minimum Gasteiger partial charge on any atom is -0.347 e. The monoisotopic (exact) mass is 322 g/mol. The average Bonchev–Trinajstić information content (AvgIpc) is 2.47. The fraction of sp³-hybridized carbons (Fsp3) is 0.611. The summed E-state index contributed by atoms with van der Waals surface area (Å²) in [5, 5.41) is 7.23. The summed E-state index contributed by atoms with van der Waals surface area (Å²) in [6.07, 6.45) is 2.94.